The smallest absolute Gasteiger partial charge is 0.268 e. The lowest BCUT2D eigenvalue weighted by Crippen LogP contribution is -2.46. The van der Waals surface area contributed by atoms with E-state index in [0.29, 0.717) is 23.8 Å². The molecule has 1 aliphatic rings. The highest BCUT2D eigenvalue weighted by Gasteiger charge is 2.36. The van der Waals surface area contributed by atoms with Crippen LogP contribution in [0.5, 0.6) is 5.88 Å². The van der Waals surface area contributed by atoms with E-state index in [9.17, 15) is 5.11 Å². The molecule has 4 rings (SSSR count). The third kappa shape index (κ3) is 2.36. The minimum atomic E-state index is -0.663. The molecule has 0 spiro atoms. The number of nitrogens with zero attached hydrogens (tertiary/aromatic N) is 4. The van der Waals surface area contributed by atoms with Crippen LogP contribution in [-0.4, -0.2) is 36.9 Å². The number of aliphatic hydroxyl groups excluding tert-OH is 1. The van der Waals surface area contributed by atoms with Crippen molar-refractivity contribution in [3.05, 3.63) is 30.3 Å². The summed E-state index contributed by atoms with van der Waals surface area (Å²) in [7, 11) is 0. The predicted octanol–water partition coefficient (Wildman–Crippen LogP) is 1.86. The van der Waals surface area contributed by atoms with Gasteiger partial charge in [0, 0.05) is 18.2 Å². The van der Waals surface area contributed by atoms with Crippen LogP contribution < -0.4 is 4.74 Å². The molecular weight excluding hydrogens is 300 g/mol. The standard InChI is InChI=1S/C15H14N4O4/c1-15(2)10(20)6-8-5-9(7-17-12(8)22-15)13-18-11(19-23-13)14-16-3-4-21-14/h3-5,7,10,20H,6H2,1-2H3/t10-/m1/s1. The van der Waals surface area contributed by atoms with E-state index in [4.69, 9.17) is 13.7 Å². The normalized spacial score (nSPS) is 19.2. The minimum Gasteiger partial charge on any atom is -0.469 e. The Morgan fingerprint density at radius 3 is 2.91 bits per heavy atom. The summed E-state index contributed by atoms with van der Waals surface area (Å²) in [6.45, 7) is 3.66. The summed E-state index contributed by atoms with van der Waals surface area (Å²) < 4.78 is 16.1. The Bertz CT molecular complexity index is 841. The van der Waals surface area contributed by atoms with E-state index in [1.54, 1.807) is 6.20 Å². The van der Waals surface area contributed by atoms with Crippen LogP contribution in [0.2, 0.25) is 0 Å². The van der Waals surface area contributed by atoms with E-state index >= 15 is 0 Å². The van der Waals surface area contributed by atoms with E-state index < -0.39 is 11.7 Å². The van der Waals surface area contributed by atoms with Gasteiger partial charge in [-0.05, 0) is 19.9 Å². The first-order valence-corrected chi connectivity index (χ1v) is 7.13. The van der Waals surface area contributed by atoms with Gasteiger partial charge in [0.25, 0.3) is 17.6 Å². The van der Waals surface area contributed by atoms with Gasteiger partial charge in [-0.3, -0.25) is 0 Å². The fourth-order valence-electron chi connectivity index (χ4n) is 2.39. The highest BCUT2D eigenvalue weighted by molar-refractivity contribution is 5.57. The van der Waals surface area contributed by atoms with Gasteiger partial charge >= 0.3 is 0 Å². The van der Waals surface area contributed by atoms with Crippen LogP contribution in [0.15, 0.2) is 33.7 Å². The largest absolute Gasteiger partial charge is 0.469 e. The first-order valence-electron chi connectivity index (χ1n) is 7.13. The molecule has 0 aromatic carbocycles. The molecule has 3 aromatic rings. The van der Waals surface area contributed by atoms with Crippen molar-refractivity contribution in [1.82, 2.24) is 20.1 Å². The summed E-state index contributed by atoms with van der Waals surface area (Å²) in [4.78, 5) is 12.5. The number of aliphatic hydroxyl groups is 1. The summed E-state index contributed by atoms with van der Waals surface area (Å²) in [6, 6.07) is 1.83. The molecule has 8 heteroatoms. The summed E-state index contributed by atoms with van der Waals surface area (Å²) in [6.07, 6.45) is 4.37. The molecular formula is C15H14N4O4. The van der Waals surface area contributed by atoms with E-state index in [2.05, 4.69) is 20.1 Å². The van der Waals surface area contributed by atoms with Crippen molar-refractivity contribution in [3.63, 3.8) is 0 Å². The number of oxazole rings is 1. The zero-order chi connectivity index (χ0) is 16.0. The molecule has 0 saturated carbocycles. The average molecular weight is 314 g/mol. The van der Waals surface area contributed by atoms with Crippen molar-refractivity contribution in [2.45, 2.75) is 32.0 Å². The Morgan fingerprint density at radius 2 is 2.13 bits per heavy atom. The number of aromatic nitrogens is 4. The number of ether oxygens (including phenoxy) is 1. The Balaban J connectivity index is 1.68. The second kappa shape index (κ2) is 4.88. The lowest BCUT2D eigenvalue weighted by Gasteiger charge is -2.36. The lowest BCUT2D eigenvalue weighted by molar-refractivity contribution is -0.0442. The molecule has 4 heterocycles. The Labute approximate surface area is 131 Å². The minimum absolute atomic E-state index is 0.264. The molecule has 0 radical (unpaired) electrons. The molecule has 8 nitrogen and oxygen atoms in total. The van der Waals surface area contributed by atoms with Gasteiger partial charge < -0.3 is 18.8 Å². The molecule has 0 amide bonds. The molecule has 118 valence electrons. The first kappa shape index (κ1) is 13.9. The van der Waals surface area contributed by atoms with Gasteiger partial charge in [-0.1, -0.05) is 5.16 Å². The summed E-state index contributed by atoms with van der Waals surface area (Å²) in [5, 5.41) is 14.0. The monoisotopic (exact) mass is 314 g/mol. The molecule has 0 bridgehead atoms. The Kier molecular flexibility index (Phi) is 2.95. The number of fused-ring (bicyclic) bond motifs is 1. The second-order valence-corrected chi connectivity index (χ2v) is 5.87. The van der Waals surface area contributed by atoms with Crippen molar-refractivity contribution in [2.75, 3.05) is 0 Å². The van der Waals surface area contributed by atoms with Crippen molar-refractivity contribution >= 4 is 0 Å². The number of hydrogen-bond acceptors (Lipinski definition) is 8. The fraction of sp³-hybridized carbons (Fsp3) is 0.333. The third-order valence-corrected chi connectivity index (χ3v) is 3.80. The molecule has 0 fully saturated rings. The van der Waals surface area contributed by atoms with Gasteiger partial charge in [-0.25, -0.2) is 9.97 Å². The lowest BCUT2D eigenvalue weighted by atomic mass is 9.92. The van der Waals surface area contributed by atoms with Crippen molar-refractivity contribution in [2.24, 2.45) is 0 Å². The van der Waals surface area contributed by atoms with Gasteiger partial charge in [0.15, 0.2) is 0 Å². The topological polar surface area (TPSA) is 107 Å². The maximum Gasteiger partial charge on any atom is 0.268 e. The SMILES string of the molecule is CC1(C)Oc2ncc(-c3nc(-c4ncco4)no3)cc2C[C@H]1O. The number of pyridine rings is 1. The molecule has 1 aliphatic heterocycles. The van der Waals surface area contributed by atoms with Crippen molar-refractivity contribution in [1.29, 1.82) is 0 Å². The van der Waals surface area contributed by atoms with Crippen LogP contribution in [0, 0.1) is 0 Å². The number of rotatable bonds is 2. The maximum absolute atomic E-state index is 10.1. The molecule has 0 aliphatic carbocycles. The summed E-state index contributed by atoms with van der Waals surface area (Å²) >= 11 is 0. The predicted molar refractivity (Wildman–Crippen MR) is 77.4 cm³/mol. The van der Waals surface area contributed by atoms with Crippen molar-refractivity contribution in [3.8, 4) is 29.0 Å². The molecule has 0 unspecified atom stereocenters. The Morgan fingerprint density at radius 1 is 1.26 bits per heavy atom. The number of hydrogen-bond donors (Lipinski definition) is 1. The molecule has 23 heavy (non-hydrogen) atoms. The Hall–Kier alpha value is -2.74. The van der Waals surface area contributed by atoms with E-state index in [1.807, 2.05) is 19.9 Å². The zero-order valence-corrected chi connectivity index (χ0v) is 12.6. The molecule has 0 saturated heterocycles. The van der Waals surface area contributed by atoms with Crippen LogP contribution in [0.3, 0.4) is 0 Å². The molecule has 1 atom stereocenters. The highest BCUT2D eigenvalue weighted by atomic mass is 16.5. The quantitative estimate of drug-likeness (QED) is 0.763. The average Bonchev–Trinajstić information content (AvgIpc) is 3.18. The third-order valence-electron chi connectivity index (χ3n) is 3.80. The van der Waals surface area contributed by atoms with Gasteiger partial charge in [0.2, 0.25) is 5.88 Å². The maximum atomic E-state index is 10.1. The fourth-order valence-corrected chi connectivity index (χ4v) is 2.39. The van der Waals surface area contributed by atoms with Gasteiger partial charge in [0.1, 0.15) is 11.9 Å². The van der Waals surface area contributed by atoms with Crippen LogP contribution >= 0.6 is 0 Å². The highest BCUT2D eigenvalue weighted by Crippen LogP contribution is 2.33. The van der Waals surface area contributed by atoms with Crippen LogP contribution in [0.1, 0.15) is 19.4 Å². The van der Waals surface area contributed by atoms with Crippen LogP contribution in [0.25, 0.3) is 23.2 Å². The van der Waals surface area contributed by atoms with Crippen LogP contribution in [-0.2, 0) is 6.42 Å². The molecule has 3 aromatic heterocycles. The van der Waals surface area contributed by atoms with E-state index in [-0.39, 0.29) is 11.7 Å². The zero-order valence-electron chi connectivity index (χ0n) is 12.6. The first-order chi connectivity index (χ1) is 11.0. The van der Waals surface area contributed by atoms with Gasteiger partial charge in [0.05, 0.1) is 17.9 Å². The van der Waals surface area contributed by atoms with Crippen molar-refractivity contribution < 1.29 is 18.8 Å². The summed E-state index contributed by atoms with van der Waals surface area (Å²) in [5.41, 5.74) is 0.777. The van der Waals surface area contributed by atoms with E-state index in [0.717, 1.165) is 5.56 Å². The van der Waals surface area contributed by atoms with Gasteiger partial charge in [-0.15, -0.1) is 0 Å². The van der Waals surface area contributed by atoms with E-state index in [1.165, 1.54) is 12.5 Å². The van der Waals surface area contributed by atoms with Crippen LogP contribution in [0.4, 0.5) is 0 Å². The van der Waals surface area contributed by atoms with Gasteiger partial charge in [-0.2, -0.15) is 4.98 Å². The molecule has 1 N–H and O–H groups in total. The summed E-state index contributed by atoms with van der Waals surface area (Å²) in [5.74, 6) is 1.36. The second-order valence-electron chi connectivity index (χ2n) is 5.87.